The molecule has 11 heteroatoms. The number of nitrogens with one attached hydrogen (secondary N) is 1. The highest BCUT2D eigenvalue weighted by Gasteiger charge is 2.27. The molecule has 2 fully saturated rings. The number of ether oxygens (including phenoxy) is 1. The van der Waals surface area contributed by atoms with Crippen LogP contribution in [0.15, 0.2) is 42.9 Å². The molecule has 6 rings (SSSR count). The van der Waals surface area contributed by atoms with Crippen molar-refractivity contribution in [2.45, 2.75) is 0 Å². The fourth-order valence-corrected chi connectivity index (χ4v) is 5.70. The third-order valence-electron chi connectivity index (χ3n) is 6.67. The number of benzene rings is 1. The zero-order chi connectivity index (χ0) is 23.3. The quantitative estimate of drug-likeness (QED) is 0.475. The molecule has 0 unspecified atom stereocenters. The summed E-state index contributed by atoms with van der Waals surface area (Å²) in [5.74, 6) is 1.79. The summed E-state index contributed by atoms with van der Waals surface area (Å²) in [7, 11) is -3.19. The number of rotatable bonds is 4. The summed E-state index contributed by atoms with van der Waals surface area (Å²) in [6.45, 7) is 4.98. The van der Waals surface area contributed by atoms with E-state index in [4.69, 9.17) is 14.7 Å². The van der Waals surface area contributed by atoms with E-state index in [1.807, 2.05) is 24.7 Å². The van der Waals surface area contributed by atoms with Gasteiger partial charge in [-0.2, -0.15) is 4.31 Å². The van der Waals surface area contributed by atoms with Crippen LogP contribution in [0.3, 0.4) is 0 Å². The second kappa shape index (κ2) is 8.26. The van der Waals surface area contributed by atoms with Gasteiger partial charge in [-0.15, -0.1) is 0 Å². The van der Waals surface area contributed by atoms with Gasteiger partial charge in [-0.05, 0) is 12.1 Å². The van der Waals surface area contributed by atoms with Crippen molar-refractivity contribution in [1.29, 1.82) is 0 Å². The smallest absolute Gasteiger partial charge is 0.211 e. The summed E-state index contributed by atoms with van der Waals surface area (Å²) in [4.78, 5) is 17.6. The molecule has 178 valence electrons. The fourth-order valence-electron chi connectivity index (χ4n) is 4.87. The molecule has 0 aliphatic carbocycles. The molecule has 4 aromatic rings. The van der Waals surface area contributed by atoms with Crippen molar-refractivity contribution in [2.75, 3.05) is 68.5 Å². The molecule has 2 aliphatic heterocycles. The number of fused-ring (bicyclic) bond motifs is 2. The Hall–Kier alpha value is -3.15. The van der Waals surface area contributed by atoms with Gasteiger partial charge in [0.25, 0.3) is 0 Å². The zero-order valence-corrected chi connectivity index (χ0v) is 19.8. The standard InChI is InChI=1S/C23H27N7O3S/c1-34(31,32)29-9-7-27(8-10-29)21-15-25-22-23(28-11-13-33-14-12-28)26-20(16-30(21)22)17-3-2-4-19-18(17)5-6-24-19/h2-6,15-16,24H,7-14H2,1H3. The van der Waals surface area contributed by atoms with Crippen LogP contribution >= 0.6 is 0 Å². The number of aromatic nitrogens is 4. The number of aromatic amines is 1. The van der Waals surface area contributed by atoms with E-state index in [0.717, 1.165) is 52.5 Å². The number of hydrogen-bond donors (Lipinski definition) is 1. The fraction of sp³-hybridized carbons (Fsp3) is 0.391. The van der Waals surface area contributed by atoms with Crippen LogP contribution < -0.4 is 9.80 Å². The Morgan fingerprint density at radius 1 is 1.00 bits per heavy atom. The molecular formula is C23H27N7O3S. The Labute approximate surface area is 197 Å². The normalized spacial score (nSPS) is 18.3. The Bertz CT molecular complexity index is 1450. The minimum absolute atomic E-state index is 0.461. The number of H-pyrrole nitrogens is 1. The highest BCUT2D eigenvalue weighted by Crippen LogP contribution is 2.32. The second-order valence-electron chi connectivity index (χ2n) is 8.75. The highest BCUT2D eigenvalue weighted by molar-refractivity contribution is 7.88. The molecule has 0 saturated carbocycles. The maximum Gasteiger partial charge on any atom is 0.211 e. The van der Waals surface area contributed by atoms with Crippen LogP contribution in [0, 0.1) is 0 Å². The molecule has 2 saturated heterocycles. The van der Waals surface area contributed by atoms with E-state index in [2.05, 4.69) is 37.4 Å². The molecule has 5 heterocycles. The molecule has 34 heavy (non-hydrogen) atoms. The predicted octanol–water partition coefficient (Wildman–Crippen LogP) is 1.80. The average Bonchev–Trinajstić information content (AvgIpc) is 3.50. The summed E-state index contributed by atoms with van der Waals surface area (Å²) in [5.41, 5.74) is 3.78. The predicted molar refractivity (Wildman–Crippen MR) is 132 cm³/mol. The number of morpholine rings is 1. The summed E-state index contributed by atoms with van der Waals surface area (Å²) in [6.07, 6.45) is 7.13. The van der Waals surface area contributed by atoms with Gasteiger partial charge in [0.05, 0.1) is 31.4 Å². The first-order valence-electron chi connectivity index (χ1n) is 11.5. The first kappa shape index (κ1) is 21.4. The number of piperazine rings is 1. The molecule has 3 aromatic heterocycles. The van der Waals surface area contributed by atoms with Crippen LogP contribution in [-0.2, 0) is 14.8 Å². The van der Waals surface area contributed by atoms with E-state index in [0.29, 0.717) is 39.4 Å². The third kappa shape index (κ3) is 3.69. The Balaban J connectivity index is 1.47. The topological polar surface area (TPSA) is 99.1 Å². The maximum absolute atomic E-state index is 12.0. The van der Waals surface area contributed by atoms with Crippen molar-refractivity contribution >= 4 is 38.2 Å². The van der Waals surface area contributed by atoms with E-state index in [1.54, 1.807) is 0 Å². The van der Waals surface area contributed by atoms with Gasteiger partial charge in [0, 0.05) is 68.1 Å². The molecule has 2 aliphatic rings. The lowest BCUT2D eigenvalue weighted by atomic mass is 10.1. The van der Waals surface area contributed by atoms with Crippen molar-refractivity contribution in [3.05, 3.63) is 42.9 Å². The zero-order valence-electron chi connectivity index (χ0n) is 19.0. The largest absolute Gasteiger partial charge is 0.378 e. The minimum Gasteiger partial charge on any atom is -0.378 e. The van der Waals surface area contributed by atoms with E-state index in [9.17, 15) is 8.42 Å². The maximum atomic E-state index is 12.0. The lowest BCUT2D eigenvalue weighted by Gasteiger charge is -2.34. The molecule has 0 amide bonds. The van der Waals surface area contributed by atoms with Crippen molar-refractivity contribution in [3.8, 4) is 11.3 Å². The Kier molecular flexibility index (Phi) is 5.19. The second-order valence-corrected chi connectivity index (χ2v) is 10.7. The van der Waals surface area contributed by atoms with E-state index >= 15 is 0 Å². The average molecular weight is 482 g/mol. The number of sulfonamides is 1. The molecule has 1 N–H and O–H groups in total. The number of imidazole rings is 1. The number of anilines is 2. The third-order valence-corrected chi connectivity index (χ3v) is 7.97. The molecular weight excluding hydrogens is 454 g/mol. The monoisotopic (exact) mass is 481 g/mol. The Morgan fingerprint density at radius 3 is 2.56 bits per heavy atom. The molecule has 0 bridgehead atoms. The summed E-state index contributed by atoms with van der Waals surface area (Å²) >= 11 is 0. The van der Waals surface area contributed by atoms with Crippen LogP contribution in [0.1, 0.15) is 0 Å². The van der Waals surface area contributed by atoms with Crippen molar-refractivity contribution < 1.29 is 13.2 Å². The van der Waals surface area contributed by atoms with Gasteiger partial charge in [0.1, 0.15) is 5.82 Å². The van der Waals surface area contributed by atoms with Gasteiger partial charge in [-0.3, -0.25) is 4.40 Å². The molecule has 10 nitrogen and oxygen atoms in total. The number of hydrogen-bond acceptors (Lipinski definition) is 7. The van der Waals surface area contributed by atoms with Crippen LogP contribution in [0.2, 0.25) is 0 Å². The first-order valence-corrected chi connectivity index (χ1v) is 13.3. The van der Waals surface area contributed by atoms with Crippen LogP contribution in [0.25, 0.3) is 27.8 Å². The van der Waals surface area contributed by atoms with Crippen molar-refractivity contribution in [1.82, 2.24) is 23.7 Å². The molecule has 0 atom stereocenters. The van der Waals surface area contributed by atoms with Crippen molar-refractivity contribution in [2.24, 2.45) is 0 Å². The summed E-state index contributed by atoms with van der Waals surface area (Å²) in [5, 5.41) is 1.12. The van der Waals surface area contributed by atoms with E-state index in [-0.39, 0.29) is 0 Å². The van der Waals surface area contributed by atoms with Crippen LogP contribution in [-0.4, -0.2) is 90.8 Å². The first-order chi connectivity index (χ1) is 16.5. The van der Waals surface area contributed by atoms with E-state index in [1.165, 1.54) is 10.6 Å². The van der Waals surface area contributed by atoms with Gasteiger partial charge in [-0.25, -0.2) is 18.4 Å². The van der Waals surface area contributed by atoms with Gasteiger partial charge in [-0.1, -0.05) is 12.1 Å². The minimum atomic E-state index is -3.19. The van der Waals surface area contributed by atoms with Gasteiger partial charge < -0.3 is 19.5 Å². The summed E-state index contributed by atoms with van der Waals surface area (Å²) in [6, 6.07) is 8.26. The van der Waals surface area contributed by atoms with Gasteiger partial charge >= 0.3 is 0 Å². The number of nitrogens with zero attached hydrogens (tertiary/aromatic N) is 6. The lowest BCUT2D eigenvalue weighted by Crippen LogP contribution is -2.48. The van der Waals surface area contributed by atoms with Crippen molar-refractivity contribution in [3.63, 3.8) is 0 Å². The lowest BCUT2D eigenvalue weighted by molar-refractivity contribution is 0.122. The van der Waals surface area contributed by atoms with Crippen LogP contribution in [0.4, 0.5) is 11.6 Å². The Morgan fingerprint density at radius 2 is 1.79 bits per heavy atom. The van der Waals surface area contributed by atoms with E-state index < -0.39 is 10.0 Å². The van der Waals surface area contributed by atoms with Gasteiger partial charge in [0.15, 0.2) is 11.5 Å². The van der Waals surface area contributed by atoms with Crippen LogP contribution in [0.5, 0.6) is 0 Å². The summed E-state index contributed by atoms with van der Waals surface area (Å²) < 4.78 is 33.1. The SMILES string of the molecule is CS(=O)(=O)N1CCN(c2cnc3c(N4CCOCC4)nc(-c4cccc5[nH]ccc45)cn23)CC1. The molecule has 0 spiro atoms. The van der Waals surface area contributed by atoms with Gasteiger partial charge in [0.2, 0.25) is 10.0 Å². The highest BCUT2D eigenvalue weighted by atomic mass is 32.2. The molecule has 1 aromatic carbocycles. The molecule has 0 radical (unpaired) electrons.